The largest absolute Gasteiger partial charge is 0.486 e. The first-order chi connectivity index (χ1) is 9.65. The van der Waals surface area contributed by atoms with Gasteiger partial charge >= 0.3 is 0 Å². The molecule has 1 fully saturated rings. The third-order valence-corrected chi connectivity index (χ3v) is 4.19. The minimum absolute atomic E-state index is 0.117. The molecule has 2 aliphatic heterocycles. The summed E-state index contributed by atoms with van der Waals surface area (Å²) in [5.74, 6) is 2.28. The van der Waals surface area contributed by atoms with Gasteiger partial charge < -0.3 is 14.4 Å². The summed E-state index contributed by atoms with van der Waals surface area (Å²) in [6.07, 6.45) is 2.19. The van der Waals surface area contributed by atoms with Crippen molar-refractivity contribution in [2.45, 2.75) is 26.7 Å². The van der Waals surface area contributed by atoms with Crippen LogP contribution in [0.25, 0.3) is 0 Å². The first kappa shape index (κ1) is 13.3. The van der Waals surface area contributed by atoms with E-state index < -0.39 is 0 Å². The Labute approximate surface area is 119 Å². The molecule has 3 rings (SSSR count). The van der Waals surface area contributed by atoms with Crippen molar-refractivity contribution >= 4 is 5.91 Å². The number of carbonyl (C=O) groups excluding carboxylic acids is 1. The minimum atomic E-state index is 0.117. The van der Waals surface area contributed by atoms with E-state index in [9.17, 15) is 4.79 Å². The van der Waals surface area contributed by atoms with E-state index in [1.807, 2.05) is 24.0 Å². The summed E-state index contributed by atoms with van der Waals surface area (Å²) >= 11 is 0. The lowest BCUT2D eigenvalue weighted by atomic mass is 9.98. The van der Waals surface area contributed by atoms with Gasteiger partial charge in [-0.15, -0.1) is 0 Å². The zero-order valence-electron chi connectivity index (χ0n) is 12.1. The molecule has 4 nitrogen and oxygen atoms in total. The van der Waals surface area contributed by atoms with Gasteiger partial charge in [0, 0.05) is 18.7 Å². The van der Waals surface area contributed by atoms with Crippen LogP contribution in [-0.4, -0.2) is 37.1 Å². The molecule has 0 unspecified atom stereocenters. The molecule has 0 N–H and O–H groups in total. The van der Waals surface area contributed by atoms with Crippen molar-refractivity contribution in [2.75, 3.05) is 26.3 Å². The van der Waals surface area contributed by atoms with Crippen LogP contribution in [-0.2, 0) is 0 Å². The maximum absolute atomic E-state index is 12.6. The number of benzene rings is 1. The van der Waals surface area contributed by atoms with Crippen molar-refractivity contribution in [3.8, 4) is 11.5 Å². The van der Waals surface area contributed by atoms with Gasteiger partial charge in [0.05, 0.1) is 0 Å². The highest BCUT2D eigenvalue weighted by molar-refractivity contribution is 5.96. The Morgan fingerprint density at radius 2 is 1.75 bits per heavy atom. The summed E-state index contributed by atoms with van der Waals surface area (Å²) in [5, 5.41) is 0. The van der Waals surface area contributed by atoms with E-state index in [4.69, 9.17) is 9.47 Å². The highest BCUT2D eigenvalue weighted by atomic mass is 16.6. The molecule has 0 aromatic heterocycles. The highest BCUT2D eigenvalue weighted by Crippen LogP contribution is 2.33. The summed E-state index contributed by atoms with van der Waals surface area (Å²) < 4.78 is 11.1. The monoisotopic (exact) mass is 275 g/mol. The summed E-state index contributed by atoms with van der Waals surface area (Å²) in [6, 6.07) is 3.75. The fraction of sp³-hybridized carbons (Fsp3) is 0.562. The number of nitrogens with zero attached hydrogens (tertiary/aromatic N) is 1. The smallest absolute Gasteiger partial charge is 0.254 e. The van der Waals surface area contributed by atoms with E-state index in [-0.39, 0.29) is 5.91 Å². The Morgan fingerprint density at radius 3 is 2.40 bits per heavy atom. The molecule has 0 aliphatic carbocycles. The lowest BCUT2D eigenvalue weighted by Gasteiger charge is -2.31. The molecule has 0 atom stereocenters. The maximum Gasteiger partial charge on any atom is 0.254 e. The van der Waals surface area contributed by atoms with Gasteiger partial charge in [-0.2, -0.15) is 0 Å². The van der Waals surface area contributed by atoms with Crippen molar-refractivity contribution in [3.05, 3.63) is 23.3 Å². The molecule has 1 saturated heterocycles. The second-order valence-corrected chi connectivity index (χ2v) is 5.79. The molecule has 0 saturated carbocycles. The van der Waals surface area contributed by atoms with E-state index in [1.54, 1.807) is 0 Å². The van der Waals surface area contributed by atoms with E-state index >= 15 is 0 Å². The van der Waals surface area contributed by atoms with Crippen LogP contribution in [0.3, 0.4) is 0 Å². The van der Waals surface area contributed by atoms with Gasteiger partial charge in [-0.05, 0) is 43.4 Å². The average molecular weight is 275 g/mol. The lowest BCUT2D eigenvalue weighted by Crippen LogP contribution is -2.38. The van der Waals surface area contributed by atoms with Gasteiger partial charge in [-0.25, -0.2) is 0 Å². The van der Waals surface area contributed by atoms with Crippen molar-refractivity contribution in [1.29, 1.82) is 0 Å². The van der Waals surface area contributed by atoms with E-state index in [0.717, 1.165) is 48.7 Å². The average Bonchev–Trinajstić information content (AvgIpc) is 2.46. The van der Waals surface area contributed by atoms with Crippen LogP contribution >= 0.6 is 0 Å². The first-order valence-corrected chi connectivity index (χ1v) is 7.34. The summed E-state index contributed by atoms with van der Waals surface area (Å²) in [5.41, 5.74) is 1.70. The Hall–Kier alpha value is -1.71. The number of carbonyl (C=O) groups is 1. The van der Waals surface area contributed by atoms with Crippen LogP contribution in [0.2, 0.25) is 0 Å². The van der Waals surface area contributed by atoms with Crippen molar-refractivity contribution < 1.29 is 14.3 Å². The van der Waals surface area contributed by atoms with Crippen LogP contribution in [0.5, 0.6) is 11.5 Å². The van der Waals surface area contributed by atoms with Crippen LogP contribution < -0.4 is 9.47 Å². The quantitative estimate of drug-likeness (QED) is 0.791. The number of piperidine rings is 1. The lowest BCUT2D eigenvalue weighted by molar-refractivity contribution is 0.0695. The minimum Gasteiger partial charge on any atom is -0.486 e. The molecule has 2 heterocycles. The van der Waals surface area contributed by atoms with Gasteiger partial charge in [0.15, 0.2) is 11.5 Å². The van der Waals surface area contributed by atoms with Gasteiger partial charge in [0.1, 0.15) is 13.2 Å². The third kappa shape index (κ3) is 2.47. The Kier molecular flexibility index (Phi) is 3.55. The topological polar surface area (TPSA) is 38.8 Å². The number of fused-ring (bicyclic) bond motifs is 1. The molecule has 0 spiro atoms. The van der Waals surface area contributed by atoms with Gasteiger partial charge in [-0.3, -0.25) is 4.79 Å². The fourth-order valence-corrected chi connectivity index (χ4v) is 2.80. The third-order valence-electron chi connectivity index (χ3n) is 4.19. The van der Waals surface area contributed by atoms with Gasteiger partial charge in [0.25, 0.3) is 5.91 Å². The molecule has 20 heavy (non-hydrogen) atoms. The summed E-state index contributed by atoms with van der Waals surface area (Å²) in [6.45, 7) is 7.03. The van der Waals surface area contributed by atoms with Gasteiger partial charge in [0.2, 0.25) is 0 Å². The molecule has 4 heteroatoms. The summed E-state index contributed by atoms with van der Waals surface area (Å²) in [7, 11) is 0. The van der Waals surface area contributed by atoms with Crippen molar-refractivity contribution in [3.63, 3.8) is 0 Å². The second kappa shape index (κ2) is 5.35. The predicted octanol–water partition coefficient (Wildman–Crippen LogP) is 2.64. The molecule has 2 aliphatic rings. The van der Waals surface area contributed by atoms with Crippen molar-refractivity contribution in [1.82, 2.24) is 4.90 Å². The Balaban J connectivity index is 1.84. The number of aryl methyl sites for hydroxylation is 1. The van der Waals surface area contributed by atoms with Crippen LogP contribution in [0, 0.1) is 12.8 Å². The number of rotatable bonds is 1. The fourth-order valence-electron chi connectivity index (χ4n) is 2.80. The van der Waals surface area contributed by atoms with E-state index in [2.05, 4.69) is 6.92 Å². The molecule has 1 aromatic rings. The summed E-state index contributed by atoms with van der Waals surface area (Å²) in [4.78, 5) is 14.6. The zero-order valence-corrected chi connectivity index (χ0v) is 12.1. The van der Waals surface area contributed by atoms with Crippen LogP contribution in [0.1, 0.15) is 35.7 Å². The van der Waals surface area contributed by atoms with Crippen molar-refractivity contribution in [2.24, 2.45) is 5.92 Å². The number of hydrogen-bond acceptors (Lipinski definition) is 3. The van der Waals surface area contributed by atoms with Gasteiger partial charge in [-0.1, -0.05) is 6.92 Å². The number of hydrogen-bond donors (Lipinski definition) is 0. The molecule has 0 bridgehead atoms. The van der Waals surface area contributed by atoms with Crippen LogP contribution in [0.15, 0.2) is 12.1 Å². The molecule has 1 aromatic carbocycles. The first-order valence-electron chi connectivity index (χ1n) is 7.34. The van der Waals surface area contributed by atoms with Crippen LogP contribution in [0.4, 0.5) is 0 Å². The Morgan fingerprint density at radius 1 is 1.15 bits per heavy atom. The predicted molar refractivity (Wildman–Crippen MR) is 76.5 cm³/mol. The molecule has 108 valence electrons. The normalized spacial score (nSPS) is 19.0. The molecule has 0 radical (unpaired) electrons. The van der Waals surface area contributed by atoms with E-state index in [1.165, 1.54) is 0 Å². The highest BCUT2D eigenvalue weighted by Gasteiger charge is 2.24. The number of likely N-dealkylation sites (tertiary alicyclic amines) is 1. The standard InChI is InChI=1S/C16H21NO3/c1-11-3-5-17(6-4-11)16(18)13-10-15-14(9-12(13)2)19-7-8-20-15/h9-11H,3-8H2,1-2H3. The Bertz CT molecular complexity index is 519. The molecular formula is C16H21NO3. The molecule has 1 amide bonds. The SMILES string of the molecule is Cc1cc2c(cc1C(=O)N1CCC(C)CC1)OCCO2. The maximum atomic E-state index is 12.6. The van der Waals surface area contributed by atoms with E-state index in [0.29, 0.717) is 19.0 Å². The second-order valence-electron chi connectivity index (χ2n) is 5.79. The zero-order chi connectivity index (χ0) is 14.1. The number of amides is 1. The molecular weight excluding hydrogens is 254 g/mol. The number of ether oxygens (including phenoxy) is 2.